The fraction of sp³-hybridized carbons (Fsp3) is 0.895. The predicted molar refractivity (Wildman–Crippen MR) is 125 cm³/mol. The minimum Gasteiger partial charge on any atom is -0.356 e. The molecule has 1 aliphatic carbocycles. The van der Waals surface area contributed by atoms with Crippen molar-refractivity contribution in [3.63, 3.8) is 0 Å². The van der Waals surface area contributed by atoms with Crippen LogP contribution in [0.4, 0.5) is 0 Å². The molecule has 2 heterocycles. The van der Waals surface area contributed by atoms with E-state index in [9.17, 15) is 4.79 Å². The number of carbonyl (C=O) groups excluding carboxylic acids is 1. The van der Waals surface area contributed by atoms with Gasteiger partial charge in [0.2, 0.25) is 5.91 Å². The second-order valence-electron chi connectivity index (χ2n) is 7.92. The van der Waals surface area contributed by atoms with E-state index in [2.05, 4.69) is 38.9 Å². The normalized spacial score (nSPS) is 23.9. The summed E-state index contributed by atoms with van der Waals surface area (Å²) in [4.78, 5) is 23.6. The molecule has 0 aromatic heterocycles. The van der Waals surface area contributed by atoms with Crippen LogP contribution in [0.5, 0.6) is 0 Å². The van der Waals surface area contributed by atoms with Gasteiger partial charge in [0.1, 0.15) is 0 Å². The van der Waals surface area contributed by atoms with Gasteiger partial charge in [0, 0.05) is 69.8 Å². The highest BCUT2D eigenvalue weighted by atomic mass is 127. The summed E-state index contributed by atoms with van der Waals surface area (Å²) >= 11 is 2.18. The molecule has 0 radical (unpaired) electrons. The van der Waals surface area contributed by atoms with Gasteiger partial charge in [0.05, 0.1) is 0 Å². The van der Waals surface area contributed by atoms with Crippen LogP contribution in [-0.2, 0) is 4.79 Å². The van der Waals surface area contributed by atoms with Crippen molar-refractivity contribution in [2.24, 2.45) is 4.99 Å². The van der Waals surface area contributed by atoms with Crippen molar-refractivity contribution >= 4 is 47.6 Å². The van der Waals surface area contributed by atoms with Gasteiger partial charge in [-0.05, 0) is 19.9 Å². The summed E-state index contributed by atoms with van der Waals surface area (Å²) in [5.74, 6) is 2.42. The van der Waals surface area contributed by atoms with Crippen molar-refractivity contribution in [3.8, 4) is 0 Å². The van der Waals surface area contributed by atoms with Crippen molar-refractivity contribution < 1.29 is 4.79 Å². The quantitative estimate of drug-likeness (QED) is 0.359. The number of rotatable bonds is 3. The molecule has 1 N–H and O–H groups in total. The average molecular weight is 510 g/mol. The van der Waals surface area contributed by atoms with Crippen LogP contribution in [0.2, 0.25) is 0 Å². The topological polar surface area (TPSA) is 51.2 Å². The fourth-order valence-corrected chi connectivity index (χ4v) is 5.92. The van der Waals surface area contributed by atoms with E-state index >= 15 is 0 Å². The molecule has 8 heteroatoms. The summed E-state index contributed by atoms with van der Waals surface area (Å²) in [6, 6.07) is 0. The molecular formula is C19H36IN5OS. The molecule has 3 fully saturated rings. The molecule has 0 atom stereocenters. The maximum atomic E-state index is 12.4. The summed E-state index contributed by atoms with van der Waals surface area (Å²) in [6.07, 6.45) is 7.36. The van der Waals surface area contributed by atoms with Gasteiger partial charge >= 0.3 is 0 Å². The Hall–Kier alpha value is -0.220. The first-order valence-corrected chi connectivity index (χ1v) is 11.2. The number of nitrogens with one attached hydrogen (secondary N) is 1. The smallest absolute Gasteiger partial charge is 0.224 e. The highest BCUT2D eigenvalue weighted by molar-refractivity contribution is 14.0. The highest BCUT2D eigenvalue weighted by Crippen LogP contribution is 2.42. The van der Waals surface area contributed by atoms with E-state index in [1.807, 2.05) is 11.9 Å². The van der Waals surface area contributed by atoms with Crippen molar-refractivity contribution in [2.75, 3.05) is 65.7 Å². The minimum absolute atomic E-state index is 0. The van der Waals surface area contributed by atoms with Crippen LogP contribution < -0.4 is 5.32 Å². The Morgan fingerprint density at radius 1 is 1.07 bits per heavy atom. The van der Waals surface area contributed by atoms with Gasteiger partial charge in [-0.3, -0.25) is 9.79 Å². The van der Waals surface area contributed by atoms with Crippen LogP contribution in [0.3, 0.4) is 0 Å². The Morgan fingerprint density at radius 3 is 2.44 bits per heavy atom. The third kappa shape index (κ3) is 6.39. The van der Waals surface area contributed by atoms with Crippen LogP contribution in [0.25, 0.3) is 0 Å². The van der Waals surface area contributed by atoms with E-state index in [1.165, 1.54) is 37.9 Å². The van der Waals surface area contributed by atoms with Gasteiger partial charge in [0.25, 0.3) is 0 Å². The molecule has 1 amide bonds. The molecule has 27 heavy (non-hydrogen) atoms. The Kier molecular flexibility index (Phi) is 9.47. The van der Waals surface area contributed by atoms with Crippen LogP contribution in [0.1, 0.15) is 38.5 Å². The van der Waals surface area contributed by atoms with E-state index in [-0.39, 0.29) is 29.9 Å². The maximum Gasteiger partial charge on any atom is 0.224 e. The summed E-state index contributed by atoms with van der Waals surface area (Å²) in [7, 11) is 3.98. The number of hydrogen-bond acceptors (Lipinski definition) is 4. The first-order chi connectivity index (χ1) is 12.6. The zero-order valence-corrected chi connectivity index (χ0v) is 20.1. The van der Waals surface area contributed by atoms with Gasteiger partial charge in [-0.2, -0.15) is 11.8 Å². The van der Waals surface area contributed by atoms with Crippen LogP contribution >= 0.6 is 35.7 Å². The molecule has 0 bridgehead atoms. The number of thioether (sulfide) groups is 1. The van der Waals surface area contributed by atoms with Gasteiger partial charge < -0.3 is 20.0 Å². The number of guanidine groups is 1. The summed E-state index contributed by atoms with van der Waals surface area (Å²) in [5.41, 5.74) is 0. The van der Waals surface area contributed by atoms with Crippen molar-refractivity contribution in [1.82, 2.24) is 20.0 Å². The van der Waals surface area contributed by atoms with Crippen molar-refractivity contribution in [3.05, 3.63) is 0 Å². The monoisotopic (exact) mass is 509 g/mol. The lowest BCUT2D eigenvalue weighted by molar-refractivity contribution is -0.132. The lowest BCUT2D eigenvalue weighted by atomic mass is 9.87. The second kappa shape index (κ2) is 11.1. The summed E-state index contributed by atoms with van der Waals surface area (Å²) in [6.45, 7) is 6.51. The van der Waals surface area contributed by atoms with Gasteiger partial charge in [-0.25, -0.2) is 0 Å². The largest absolute Gasteiger partial charge is 0.356 e. The summed E-state index contributed by atoms with van der Waals surface area (Å²) < 4.78 is 0.434. The third-order valence-electron chi connectivity index (χ3n) is 6.00. The van der Waals surface area contributed by atoms with E-state index in [1.54, 1.807) is 0 Å². The SMILES string of the molecule is CN=C(NCCC(=O)N1CCN(C)CC1)N1CCSC2(CCCCC2)C1.I. The number of nitrogens with zero attached hydrogens (tertiary/aromatic N) is 4. The number of likely N-dealkylation sites (N-methyl/N-ethyl adjacent to an activating group) is 1. The second-order valence-corrected chi connectivity index (χ2v) is 9.48. The zero-order chi connectivity index (χ0) is 18.4. The van der Waals surface area contributed by atoms with Crippen molar-refractivity contribution in [2.45, 2.75) is 43.3 Å². The Balaban J connectivity index is 0.00000261. The fourth-order valence-electron chi connectivity index (χ4n) is 4.35. The number of halogens is 1. The first-order valence-electron chi connectivity index (χ1n) is 10.2. The standard InChI is InChI=1S/C19H35N5OS.HI/c1-20-18(21-9-6-17(25)23-12-10-22(2)11-13-23)24-14-15-26-19(16-24)7-4-3-5-8-19;/h3-16H2,1-2H3,(H,20,21);1H. The third-order valence-corrected chi connectivity index (χ3v) is 7.54. The minimum atomic E-state index is 0. The molecule has 0 unspecified atom stereocenters. The Bertz CT molecular complexity index is 499. The van der Waals surface area contributed by atoms with Crippen LogP contribution in [-0.4, -0.2) is 97.0 Å². The van der Waals surface area contributed by atoms with E-state index in [4.69, 9.17) is 0 Å². The highest BCUT2D eigenvalue weighted by Gasteiger charge is 2.38. The number of aliphatic imine (C=N–C) groups is 1. The Labute approximate surface area is 185 Å². The number of carbonyl (C=O) groups is 1. The lowest BCUT2D eigenvalue weighted by Crippen LogP contribution is -2.54. The Morgan fingerprint density at radius 2 is 1.78 bits per heavy atom. The van der Waals surface area contributed by atoms with Crippen LogP contribution in [0, 0.1) is 0 Å². The van der Waals surface area contributed by atoms with E-state index in [0.29, 0.717) is 17.7 Å². The maximum absolute atomic E-state index is 12.4. The molecule has 156 valence electrons. The van der Waals surface area contributed by atoms with E-state index < -0.39 is 0 Å². The number of piperazine rings is 1. The zero-order valence-electron chi connectivity index (χ0n) is 16.9. The average Bonchev–Trinajstić information content (AvgIpc) is 2.66. The summed E-state index contributed by atoms with van der Waals surface area (Å²) in [5, 5.41) is 3.45. The van der Waals surface area contributed by atoms with Crippen molar-refractivity contribution in [1.29, 1.82) is 0 Å². The number of amides is 1. The lowest BCUT2D eigenvalue weighted by Gasteiger charge is -2.45. The van der Waals surface area contributed by atoms with Gasteiger partial charge in [0.15, 0.2) is 5.96 Å². The first kappa shape index (κ1) is 23.1. The molecule has 1 spiro atoms. The predicted octanol–water partition coefficient (Wildman–Crippen LogP) is 2.10. The molecule has 0 aromatic carbocycles. The molecule has 3 aliphatic rings. The molecule has 2 saturated heterocycles. The molecule has 1 saturated carbocycles. The molecule has 0 aromatic rings. The van der Waals surface area contributed by atoms with Gasteiger partial charge in [-0.1, -0.05) is 19.3 Å². The molecule has 3 rings (SSSR count). The molecular weight excluding hydrogens is 473 g/mol. The molecule has 6 nitrogen and oxygen atoms in total. The number of hydrogen-bond donors (Lipinski definition) is 1. The van der Waals surface area contributed by atoms with Crippen LogP contribution in [0.15, 0.2) is 4.99 Å². The molecule has 2 aliphatic heterocycles. The van der Waals surface area contributed by atoms with Gasteiger partial charge in [-0.15, -0.1) is 24.0 Å². The van der Waals surface area contributed by atoms with E-state index in [0.717, 1.165) is 45.2 Å².